The van der Waals surface area contributed by atoms with Gasteiger partial charge in [-0.3, -0.25) is 4.79 Å². The van der Waals surface area contributed by atoms with Gasteiger partial charge in [0, 0.05) is 24.6 Å². The van der Waals surface area contributed by atoms with Crippen LogP contribution in [0.5, 0.6) is 11.5 Å². The first-order chi connectivity index (χ1) is 15.3. The number of carboxylic acid groups (broad SMARTS) is 1. The van der Waals surface area contributed by atoms with E-state index in [1.165, 1.54) is 0 Å². The SMILES string of the molecule is O=C(O)C(F)(F)F.O=C1CC[C@@H](NCc2cccc3c2OCCO3)[C@H](c2ccccc2)N1. The number of carbonyl (C=O) groups is 2. The Morgan fingerprint density at radius 1 is 1.09 bits per heavy atom. The van der Waals surface area contributed by atoms with Gasteiger partial charge in [-0.25, -0.2) is 4.79 Å². The van der Waals surface area contributed by atoms with E-state index in [1.807, 2.05) is 30.3 Å². The Kier molecular flexibility index (Phi) is 7.57. The van der Waals surface area contributed by atoms with Gasteiger partial charge in [0.05, 0.1) is 6.04 Å². The van der Waals surface area contributed by atoms with Crippen LogP contribution >= 0.6 is 0 Å². The number of nitrogens with one attached hydrogen (secondary N) is 2. The fourth-order valence-corrected chi connectivity index (χ4v) is 3.51. The lowest BCUT2D eigenvalue weighted by Crippen LogP contribution is -2.48. The second-order valence-corrected chi connectivity index (χ2v) is 7.23. The van der Waals surface area contributed by atoms with Gasteiger partial charge in [-0.05, 0) is 18.1 Å². The van der Waals surface area contributed by atoms with Crippen molar-refractivity contribution in [2.45, 2.75) is 37.6 Å². The third kappa shape index (κ3) is 6.13. The molecule has 0 radical (unpaired) electrons. The maximum absolute atomic E-state index is 11.9. The largest absolute Gasteiger partial charge is 0.490 e. The average molecular weight is 452 g/mol. The number of rotatable bonds is 4. The third-order valence-electron chi connectivity index (χ3n) is 5.00. The van der Waals surface area contributed by atoms with Gasteiger partial charge >= 0.3 is 12.1 Å². The molecule has 10 heteroatoms. The summed E-state index contributed by atoms with van der Waals surface area (Å²) in [6.45, 7) is 1.85. The minimum absolute atomic E-state index is 0.0147. The van der Waals surface area contributed by atoms with E-state index in [1.54, 1.807) is 0 Å². The summed E-state index contributed by atoms with van der Waals surface area (Å²) in [5.74, 6) is -1.01. The van der Waals surface area contributed by atoms with Crippen molar-refractivity contribution in [2.24, 2.45) is 0 Å². The van der Waals surface area contributed by atoms with Crippen LogP contribution in [0.1, 0.15) is 30.0 Å². The molecular formula is C22H23F3N2O5. The first-order valence-electron chi connectivity index (χ1n) is 10.0. The molecule has 1 fully saturated rings. The summed E-state index contributed by atoms with van der Waals surface area (Å²) < 4.78 is 43.2. The molecule has 2 aliphatic heterocycles. The normalized spacial score (nSPS) is 19.9. The molecule has 2 atom stereocenters. The Morgan fingerprint density at radius 2 is 1.78 bits per heavy atom. The molecule has 1 saturated heterocycles. The van der Waals surface area contributed by atoms with Gasteiger partial charge in [-0.1, -0.05) is 42.5 Å². The highest BCUT2D eigenvalue weighted by Gasteiger charge is 2.38. The van der Waals surface area contributed by atoms with Crippen molar-refractivity contribution < 1.29 is 37.3 Å². The van der Waals surface area contributed by atoms with Crippen LogP contribution in [0, 0.1) is 0 Å². The van der Waals surface area contributed by atoms with Crippen LogP contribution in [0.2, 0.25) is 0 Å². The zero-order valence-electron chi connectivity index (χ0n) is 17.0. The predicted molar refractivity (Wildman–Crippen MR) is 108 cm³/mol. The number of piperidine rings is 1. The van der Waals surface area contributed by atoms with Gasteiger partial charge in [0.1, 0.15) is 13.2 Å². The van der Waals surface area contributed by atoms with Crippen LogP contribution in [0.25, 0.3) is 0 Å². The van der Waals surface area contributed by atoms with E-state index in [2.05, 4.69) is 28.8 Å². The molecule has 2 heterocycles. The van der Waals surface area contributed by atoms with Crippen molar-refractivity contribution in [3.05, 3.63) is 59.7 Å². The Hall–Kier alpha value is -3.27. The molecule has 7 nitrogen and oxygen atoms in total. The first kappa shape index (κ1) is 23.4. The monoisotopic (exact) mass is 452 g/mol. The van der Waals surface area contributed by atoms with Gasteiger partial charge in [0.15, 0.2) is 11.5 Å². The second kappa shape index (κ2) is 10.4. The lowest BCUT2D eigenvalue weighted by molar-refractivity contribution is -0.192. The average Bonchev–Trinajstić information content (AvgIpc) is 2.78. The Morgan fingerprint density at radius 3 is 2.47 bits per heavy atom. The summed E-state index contributed by atoms with van der Waals surface area (Å²) in [4.78, 5) is 20.8. The maximum Gasteiger partial charge on any atom is 0.490 e. The van der Waals surface area contributed by atoms with Crippen molar-refractivity contribution in [1.82, 2.24) is 10.6 Å². The number of amides is 1. The summed E-state index contributed by atoms with van der Waals surface area (Å²) in [6, 6.07) is 16.3. The molecule has 0 aromatic heterocycles. The first-order valence-corrected chi connectivity index (χ1v) is 10.0. The number of hydrogen-bond acceptors (Lipinski definition) is 5. The fraction of sp³-hybridized carbons (Fsp3) is 0.364. The Bertz CT molecular complexity index is 937. The molecule has 2 aliphatic rings. The van der Waals surface area contributed by atoms with E-state index >= 15 is 0 Å². The topological polar surface area (TPSA) is 96.9 Å². The lowest BCUT2D eigenvalue weighted by Gasteiger charge is -2.33. The van der Waals surface area contributed by atoms with E-state index in [-0.39, 0.29) is 18.0 Å². The highest BCUT2D eigenvalue weighted by Crippen LogP contribution is 2.34. The van der Waals surface area contributed by atoms with Gasteiger partial charge in [0.25, 0.3) is 0 Å². The number of carbonyl (C=O) groups excluding carboxylic acids is 1. The van der Waals surface area contributed by atoms with Crippen LogP contribution in [0.3, 0.4) is 0 Å². The molecule has 32 heavy (non-hydrogen) atoms. The minimum Gasteiger partial charge on any atom is -0.486 e. The molecule has 1 amide bonds. The molecule has 2 aromatic rings. The number of aliphatic carboxylic acids is 1. The predicted octanol–water partition coefficient (Wildman–Crippen LogP) is 3.20. The molecule has 3 N–H and O–H groups in total. The minimum atomic E-state index is -5.08. The molecule has 0 saturated carbocycles. The van der Waals surface area contributed by atoms with Crippen molar-refractivity contribution in [3.8, 4) is 11.5 Å². The Balaban J connectivity index is 0.000000360. The molecule has 0 aliphatic carbocycles. The zero-order chi connectivity index (χ0) is 23.1. The molecule has 0 unspecified atom stereocenters. The summed E-state index contributed by atoms with van der Waals surface area (Å²) in [5, 5.41) is 13.9. The number of alkyl halides is 3. The smallest absolute Gasteiger partial charge is 0.486 e. The van der Waals surface area contributed by atoms with Gasteiger partial charge < -0.3 is 25.2 Å². The van der Waals surface area contributed by atoms with Gasteiger partial charge in [-0.2, -0.15) is 13.2 Å². The summed E-state index contributed by atoms with van der Waals surface area (Å²) >= 11 is 0. The standard InChI is InChI=1S/C20H22N2O3.C2HF3O2/c23-18-10-9-16(19(22-18)14-5-2-1-3-6-14)21-13-15-7-4-8-17-20(15)25-12-11-24-17;3-2(4,5)1(6)7/h1-8,16,19,21H,9-13H2,(H,22,23);(H,6,7)/t16-,19+;/m1./s1. The molecule has 172 valence electrons. The van der Waals surface area contributed by atoms with Crippen LogP contribution in [0.4, 0.5) is 13.2 Å². The van der Waals surface area contributed by atoms with Crippen molar-refractivity contribution in [1.29, 1.82) is 0 Å². The molecule has 4 rings (SSSR count). The highest BCUT2D eigenvalue weighted by molar-refractivity contribution is 5.77. The maximum atomic E-state index is 11.9. The van der Waals surface area contributed by atoms with E-state index in [0.717, 1.165) is 29.0 Å². The van der Waals surface area contributed by atoms with Crippen molar-refractivity contribution in [3.63, 3.8) is 0 Å². The number of ether oxygens (including phenoxy) is 2. The lowest BCUT2D eigenvalue weighted by atomic mass is 9.91. The van der Waals surface area contributed by atoms with Crippen molar-refractivity contribution >= 4 is 11.9 Å². The fourth-order valence-electron chi connectivity index (χ4n) is 3.51. The summed E-state index contributed by atoms with van der Waals surface area (Å²) in [7, 11) is 0. The third-order valence-corrected chi connectivity index (χ3v) is 5.00. The number of para-hydroxylation sites is 1. The Labute approximate surface area is 182 Å². The van der Waals surface area contributed by atoms with E-state index < -0.39 is 12.1 Å². The highest BCUT2D eigenvalue weighted by atomic mass is 19.4. The van der Waals surface area contributed by atoms with E-state index in [9.17, 15) is 18.0 Å². The van der Waals surface area contributed by atoms with Crippen LogP contribution in [0.15, 0.2) is 48.5 Å². The quantitative estimate of drug-likeness (QED) is 0.659. The van der Waals surface area contributed by atoms with Crippen LogP contribution in [-0.4, -0.2) is 42.4 Å². The van der Waals surface area contributed by atoms with E-state index in [4.69, 9.17) is 19.4 Å². The molecular weight excluding hydrogens is 429 g/mol. The molecule has 0 spiro atoms. The van der Waals surface area contributed by atoms with Crippen LogP contribution < -0.4 is 20.1 Å². The molecule has 2 aromatic carbocycles. The number of carboxylic acids is 1. The van der Waals surface area contributed by atoms with Gasteiger partial charge in [0.2, 0.25) is 5.91 Å². The number of benzene rings is 2. The number of hydrogen-bond donors (Lipinski definition) is 3. The zero-order valence-corrected chi connectivity index (χ0v) is 17.0. The number of halogens is 3. The van der Waals surface area contributed by atoms with Crippen LogP contribution in [-0.2, 0) is 16.1 Å². The van der Waals surface area contributed by atoms with Crippen molar-refractivity contribution in [2.75, 3.05) is 13.2 Å². The summed E-state index contributed by atoms with van der Waals surface area (Å²) in [5.41, 5.74) is 2.21. The molecule has 0 bridgehead atoms. The van der Waals surface area contributed by atoms with Gasteiger partial charge in [-0.15, -0.1) is 0 Å². The second-order valence-electron chi connectivity index (χ2n) is 7.23. The van der Waals surface area contributed by atoms with E-state index in [0.29, 0.717) is 26.2 Å². The number of fused-ring (bicyclic) bond motifs is 1. The summed E-state index contributed by atoms with van der Waals surface area (Å²) in [6.07, 6.45) is -3.72.